The third kappa shape index (κ3) is 5.55. The van der Waals surface area contributed by atoms with E-state index >= 15 is 0 Å². The number of urea groups is 1. The lowest BCUT2D eigenvalue weighted by atomic mass is 10.2. The Morgan fingerprint density at radius 1 is 1.06 bits per heavy atom. The van der Waals surface area contributed by atoms with Gasteiger partial charge in [-0.25, -0.2) is 4.79 Å². The number of amides is 3. The first-order chi connectivity index (χ1) is 8.08. The largest absolute Gasteiger partial charge is 0.355 e. The molecule has 0 fully saturated rings. The molecule has 0 saturated heterocycles. The number of benzene rings is 1. The van der Waals surface area contributed by atoms with Gasteiger partial charge in [0.2, 0.25) is 5.91 Å². The third-order valence-electron chi connectivity index (χ3n) is 2.09. The SMILES string of the molecule is CC(=O)NCCNC(=O)Nc1ccc(C)cc1. The number of aryl methyl sites for hydroxylation is 1. The molecule has 1 aromatic carbocycles. The quantitative estimate of drug-likeness (QED) is 0.687. The lowest BCUT2D eigenvalue weighted by molar-refractivity contribution is -0.118. The predicted octanol–water partition coefficient (Wildman–Crippen LogP) is 1.25. The second-order valence-corrected chi connectivity index (χ2v) is 3.73. The molecule has 0 radical (unpaired) electrons. The van der Waals surface area contributed by atoms with Crippen molar-refractivity contribution in [1.82, 2.24) is 10.6 Å². The van der Waals surface area contributed by atoms with Crippen molar-refractivity contribution in [2.75, 3.05) is 18.4 Å². The van der Waals surface area contributed by atoms with Gasteiger partial charge in [-0.3, -0.25) is 4.79 Å². The topological polar surface area (TPSA) is 70.2 Å². The van der Waals surface area contributed by atoms with Gasteiger partial charge < -0.3 is 16.0 Å². The van der Waals surface area contributed by atoms with E-state index in [2.05, 4.69) is 16.0 Å². The maximum atomic E-state index is 11.4. The molecule has 1 aromatic rings. The summed E-state index contributed by atoms with van der Waals surface area (Å²) in [6.45, 7) is 4.25. The summed E-state index contributed by atoms with van der Waals surface area (Å²) in [7, 11) is 0. The molecule has 0 saturated carbocycles. The molecule has 0 aliphatic carbocycles. The molecule has 0 aliphatic heterocycles. The van der Waals surface area contributed by atoms with Crippen LogP contribution in [0, 0.1) is 6.92 Å². The van der Waals surface area contributed by atoms with E-state index in [9.17, 15) is 9.59 Å². The molecule has 3 N–H and O–H groups in total. The van der Waals surface area contributed by atoms with E-state index in [1.807, 2.05) is 31.2 Å². The van der Waals surface area contributed by atoms with E-state index < -0.39 is 0 Å². The summed E-state index contributed by atoms with van der Waals surface area (Å²) in [6.07, 6.45) is 0. The molecule has 0 spiro atoms. The number of rotatable bonds is 4. The van der Waals surface area contributed by atoms with Crippen LogP contribution in [-0.4, -0.2) is 25.0 Å². The Morgan fingerprint density at radius 3 is 2.24 bits per heavy atom. The van der Waals surface area contributed by atoms with Crippen LogP contribution in [0.15, 0.2) is 24.3 Å². The minimum absolute atomic E-state index is 0.106. The maximum absolute atomic E-state index is 11.4. The van der Waals surface area contributed by atoms with Gasteiger partial charge in [0, 0.05) is 25.7 Å². The number of nitrogens with one attached hydrogen (secondary N) is 3. The first-order valence-corrected chi connectivity index (χ1v) is 5.44. The van der Waals surface area contributed by atoms with Crippen molar-refractivity contribution < 1.29 is 9.59 Å². The molecule has 5 heteroatoms. The molecular weight excluding hydrogens is 218 g/mol. The van der Waals surface area contributed by atoms with Crippen molar-refractivity contribution in [3.05, 3.63) is 29.8 Å². The van der Waals surface area contributed by atoms with Crippen LogP contribution in [0.1, 0.15) is 12.5 Å². The fraction of sp³-hybridized carbons (Fsp3) is 0.333. The van der Waals surface area contributed by atoms with Crippen molar-refractivity contribution in [2.24, 2.45) is 0 Å². The van der Waals surface area contributed by atoms with Crippen LogP contribution in [0.4, 0.5) is 10.5 Å². The molecule has 0 aromatic heterocycles. The number of anilines is 1. The van der Waals surface area contributed by atoms with Crippen molar-refractivity contribution in [3.8, 4) is 0 Å². The third-order valence-corrected chi connectivity index (χ3v) is 2.09. The fourth-order valence-corrected chi connectivity index (χ4v) is 1.23. The summed E-state index contributed by atoms with van der Waals surface area (Å²) >= 11 is 0. The first-order valence-electron chi connectivity index (χ1n) is 5.44. The summed E-state index contributed by atoms with van der Waals surface area (Å²) in [4.78, 5) is 22.0. The van der Waals surface area contributed by atoms with Gasteiger partial charge in [0.05, 0.1) is 0 Å². The predicted molar refractivity (Wildman–Crippen MR) is 66.9 cm³/mol. The van der Waals surface area contributed by atoms with E-state index in [0.717, 1.165) is 11.3 Å². The zero-order valence-corrected chi connectivity index (χ0v) is 10.0. The molecule has 1 rings (SSSR count). The first kappa shape index (κ1) is 13.0. The highest BCUT2D eigenvalue weighted by Gasteiger charge is 2.00. The smallest absolute Gasteiger partial charge is 0.319 e. The van der Waals surface area contributed by atoms with Gasteiger partial charge in [-0.15, -0.1) is 0 Å². The average molecular weight is 235 g/mol. The van der Waals surface area contributed by atoms with Gasteiger partial charge in [-0.05, 0) is 19.1 Å². The number of carbonyl (C=O) groups excluding carboxylic acids is 2. The molecule has 3 amide bonds. The fourth-order valence-electron chi connectivity index (χ4n) is 1.23. The second kappa shape index (κ2) is 6.52. The normalized spacial score (nSPS) is 9.53. The summed E-state index contributed by atoms with van der Waals surface area (Å²) in [5, 5.41) is 7.92. The summed E-state index contributed by atoms with van der Waals surface area (Å²) in [6, 6.07) is 7.24. The molecule has 0 atom stereocenters. The highest BCUT2D eigenvalue weighted by molar-refractivity contribution is 5.89. The van der Waals surface area contributed by atoms with Crippen LogP contribution in [0.5, 0.6) is 0 Å². The number of carbonyl (C=O) groups is 2. The van der Waals surface area contributed by atoms with Crippen molar-refractivity contribution >= 4 is 17.6 Å². The second-order valence-electron chi connectivity index (χ2n) is 3.73. The number of hydrogen-bond acceptors (Lipinski definition) is 2. The van der Waals surface area contributed by atoms with Crippen molar-refractivity contribution in [2.45, 2.75) is 13.8 Å². The molecule has 0 aliphatic rings. The lowest BCUT2D eigenvalue weighted by Crippen LogP contribution is -2.36. The average Bonchev–Trinajstić information content (AvgIpc) is 2.27. The highest BCUT2D eigenvalue weighted by atomic mass is 16.2. The van der Waals surface area contributed by atoms with E-state index in [0.29, 0.717) is 13.1 Å². The van der Waals surface area contributed by atoms with Gasteiger partial charge in [-0.1, -0.05) is 17.7 Å². The molecule has 0 unspecified atom stereocenters. The standard InChI is InChI=1S/C12H17N3O2/c1-9-3-5-11(6-4-9)15-12(17)14-8-7-13-10(2)16/h3-6H,7-8H2,1-2H3,(H,13,16)(H2,14,15,17). The van der Waals surface area contributed by atoms with Gasteiger partial charge >= 0.3 is 6.03 Å². The van der Waals surface area contributed by atoms with Crippen molar-refractivity contribution in [1.29, 1.82) is 0 Å². The van der Waals surface area contributed by atoms with Crippen LogP contribution >= 0.6 is 0 Å². The summed E-state index contributed by atoms with van der Waals surface area (Å²) in [5.41, 5.74) is 1.88. The monoisotopic (exact) mass is 235 g/mol. The zero-order chi connectivity index (χ0) is 12.7. The van der Waals surface area contributed by atoms with Gasteiger partial charge in [-0.2, -0.15) is 0 Å². The Hall–Kier alpha value is -2.04. The molecule has 17 heavy (non-hydrogen) atoms. The Balaban J connectivity index is 2.25. The molecule has 0 bridgehead atoms. The Morgan fingerprint density at radius 2 is 1.65 bits per heavy atom. The van der Waals surface area contributed by atoms with Crippen LogP contribution in [-0.2, 0) is 4.79 Å². The molecule has 5 nitrogen and oxygen atoms in total. The van der Waals surface area contributed by atoms with Crippen LogP contribution in [0.3, 0.4) is 0 Å². The maximum Gasteiger partial charge on any atom is 0.319 e. The van der Waals surface area contributed by atoms with E-state index in [4.69, 9.17) is 0 Å². The summed E-state index contributed by atoms with van der Waals surface area (Å²) < 4.78 is 0. The zero-order valence-electron chi connectivity index (χ0n) is 10.0. The van der Waals surface area contributed by atoms with Gasteiger partial charge in [0.1, 0.15) is 0 Å². The van der Waals surface area contributed by atoms with Gasteiger partial charge in [0.15, 0.2) is 0 Å². The minimum Gasteiger partial charge on any atom is -0.355 e. The van der Waals surface area contributed by atoms with Crippen LogP contribution in [0.25, 0.3) is 0 Å². The Bertz CT molecular complexity index is 387. The van der Waals surface area contributed by atoms with Crippen molar-refractivity contribution in [3.63, 3.8) is 0 Å². The van der Waals surface area contributed by atoms with E-state index in [1.54, 1.807) is 0 Å². The lowest BCUT2D eigenvalue weighted by Gasteiger charge is -2.07. The van der Waals surface area contributed by atoms with E-state index in [-0.39, 0.29) is 11.9 Å². The van der Waals surface area contributed by atoms with Crippen LogP contribution < -0.4 is 16.0 Å². The molecule has 0 heterocycles. The highest BCUT2D eigenvalue weighted by Crippen LogP contribution is 2.07. The molecule has 92 valence electrons. The van der Waals surface area contributed by atoms with Crippen LogP contribution in [0.2, 0.25) is 0 Å². The minimum atomic E-state index is -0.279. The van der Waals surface area contributed by atoms with Gasteiger partial charge in [0.25, 0.3) is 0 Å². The number of hydrogen-bond donors (Lipinski definition) is 3. The molecular formula is C12H17N3O2. The Kier molecular flexibility index (Phi) is 5.00. The van der Waals surface area contributed by atoms with E-state index in [1.165, 1.54) is 6.92 Å². The Labute approximate surface area is 101 Å². The summed E-state index contributed by atoms with van der Waals surface area (Å²) in [5.74, 6) is -0.106.